The first-order valence-electron chi connectivity index (χ1n) is 13.9. The molecule has 0 saturated carbocycles. The molecule has 0 spiro atoms. The van der Waals surface area contributed by atoms with Crippen molar-refractivity contribution in [3.8, 4) is 5.82 Å². The van der Waals surface area contributed by atoms with Gasteiger partial charge in [0.1, 0.15) is 16.6 Å². The van der Waals surface area contributed by atoms with E-state index in [4.69, 9.17) is 9.72 Å². The maximum atomic E-state index is 13.3. The highest BCUT2D eigenvalue weighted by atomic mass is 16.6. The molecule has 216 valence electrons. The normalized spacial score (nSPS) is 13.8. The van der Waals surface area contributed by atoms with Gasteiger partial charge in [-0.25, -0.2) is 24.1 Å². The molecule has 0 saturated heterocycles. The van der Waals surface area contributed by atoms with E-state index in [1.54, 1.807) is 46.3 Å². The van der Waals surface area contributed by atoms with Crippen LogP contribution >= 0.6 is 0 Å². The number of pyridine rings is 1. The topological polar surface area (TPSA) is 127 Å². The second kappa shape index (κ2) is 10.6. The molecule has 41 heavy (non-hydrogen) atoms. The number of rotatable bonds is 6. The van der Waals surface area contributed by atoms with E-state index in [1.807, 2.05) is 45.9 Å². The summed E-state index contributed by atoms with van der Waals surface area (Å²) in [5, 5.41) is 14.2. The van der Waals surface area contributed by atoms with Crippen molar-refractivity contribution >= 4 is 28.8 Å². The number of anilines is 2. The second-order valence-corrected chi connectivity index (χ2v) is 11.9. The van der Waals surface area contributed by atoms with Crippen LogP contribution in [0, 0.1) is 0 Å². The summed E-state index contributed by atoms with van der Waals surface area (Å²) in [6, 6.07) is 11.3. The van der Waals surface area contributed by atoms with Crippen molar-refractivity contribution in [3.05, 3.63) is 69.8 Å². The van der Waals surface area contributed by atoms with Gasteiger partial charge in [0, 0.05) is 31.5 Å². The van der Waals surface area contributed by atoms with E-state index in [-0.39, 0.29) is 11.7 Å². The van der Waals surface area contributed by atoms with Crippen molar-refractivity contribution < 1.29 is 14.6 Å². The molecule has 11 nitrogen and oxygen atoms in total. The fourth-order valence-electron chi connectivity index (χ4n) is 4.86. The molecule has 1 aromatic carbocycles. The van der Waals surface area contributed by atoms with Gasteiger partial charge in [0.2, 0.25) is 5.95 Å². The van der Waals surface area contributed by atoms with Crippen molar-refractivity contribution in [2.45, 2.75) is 78.7 Å². The Morgan fingerprint density at radius 3 is 2.59 bits per heavy atom. The van der Waals surface area contributed by atoms with Crippen molar-refractivity contribution in [2.75, 3.05) is 11.9 Å². The maximum absolute atomic E-state index is 13.3. The number of aromatic nitrogens is 5. The van der Waals surface area contributed by atoms with Crippen LogP contribution in [0.5, 0.6) is 0 Å². The zero-order chi connectivity index (χ0) is 29.5. The molecule has 0 atom stereocenters. The van der Waals surface area contributed by atoms with Crippen LogP contribution in [0.25, 0.3) is 16.9 Å². The predicted octanol–water partition coefficient (Wildman–Crippen LogP) is 4.65. The van der Waals surface area contributed by atoms with Gasteiger partial charge in [0.25, 0.3) is 5.56 Å². The van der Waals surface area contributed by atoms with Gasteiger partial charge in [-0.05, 0) is 82.9 Å². The Morgan fingerprint density at radius 2 is 1.88 bits per heavy atom. The number of carbonyl (C=O) groups is 1. The zero-order valence-electron chi connectivity index (χ0n) is 24.4. The van der Waals surface area contributed by atoms with Crippen LogP contribution in [0.15, 0.2) is 47.4 Å². The number of nitrogens with one attached hydrogen (secondary N) is 1. The minimum atomic E-state index is -1.15. The van der Waals surface area contributed by atoms with Crippen molar-refractivity contribution in [1.82, 2.24) is 29.2 Å². The third-order valence-electron chi connectivity index (χ3n) is 6.82. The summed E-state index contributed by atoms with van der Waals surface area (Å²) >= 11 is 0. The minimum Gasteiger partial charge on any atom is -0.444 e. The SMILES string of the molecule is CCCn1c(=O)c2cnc(Nc3ccc4c(c3)CN(C(=O)OC(C)(C)C)CC4)nc2n1-c1cccc(C(C)(C)O)n1. The summed E-state index contributed by atoms with van der Waals surface area (Å²) in [5.74, 6) is 0.795. The van der Waals surface area contributed by atoms with Gasteiger partial charge in [-0.2, -0.15) is 4.98 Å². The molecule has 1 amide bonds. The van der Waals surface area contributed by atoms with Crippen LogP contribution in [0.3, 0.4) is 0 Å². The van der Waals surface area contributed by atoms with E-state index in [1.165, 1.54) is 11.8 Å². The molecular formula is C30H37N7O4. The number of carbonyl (C=O) groups excluding carboxylic acids is 1. The lowest BCUT2D eigenvalue weighted by Crippen LogP contribution is -2.39. The lowest BCUT2D eigenvalue weighted by atomic mass is 9.99. The highest BCUT2D eigenvalue weighted by molar-refractivity contribution is 5.77. The van der Waals surface area contributed by atoms with E-state index in [0.717, 1.165) is 24.1 Å². The Bertz CT molecular complexity index is 1660. The van der Waals surface area contributed by atoms with Crippen LogP contribution in [-0.2, 0) is 29.8 Å². The lowest BCUT2D eigenvalue weighted by molar-refractivity contribution is 0.0224. The van der Waals surface area contributed by atoms with E-state index >= 15 is 0 Å². The van der Waals surface area contributed by atoms with Crippen LogP contribution in [-0.4, -0.2) is 52.6 Å². The van der Waals surface area contributed by atoms with E-state index in [2.05, 4.69) is 15.3 Å². The average Bonchev–Trinajstić information content (AvgIpc) is 3.17. The molecule has 4 aromatic rings. The standard InChI is InChI=1S/C30H37N7O4/c1-7-14-36-26(38)22-17-31-27(34-25(22)37(36)24-10-8-9-23(33-24)30(5,6)40)32-21-12-11-19-13-15-35(18-20(19)16-21)28(39)41-29(2,3)4/h8-12,16-17,40H,7,13-15,18H2,1-6H3,(H,31,32,34). The van der Waals surface area contributed by atoms with Crippen molar-refractivity contribution in [3.63, 3.8) is 0 Å². The fourth-order valence-corrected chi connectivity index (χ4v) is 4.86. The Kier molecular flexibility index (Phi) is 7.33. The number of hydrogen-bond acceptors (Lipinski definition) is 8. The first-order valence-corrected chi connectivity index (χ1v) is 13.9. The number of fused-ring (bicyclic) bond motifs is 2. The lowest BCUT2D eigenvalue weighted by Gasteiger charge is -2.31. The number of nitrogens with zero attached hydrogens (tertiary/aromatic N) is 6. The molecule has 4 heterocycles. The van der Waals surface area contributed by atoms with Gasteiger partial charge in [-0.15, -0.1) is 0 Å². The van der Waals surface area contributed by atoms with Gasteiger partial charge in [0.05, 0.1) is 5.69 Å². The smallest absolute Gasteiger partial charge is 0.410 e. The first kappa shape index (κ1) is 28.3. The fraction of sp³-hybridized carbons (Fsp3) is 0.433. The average molecular weight is 560 g/mol. The number of hydrogen-bond donors (Lipinski definition) is 2. The van der Waals surface area contributed by atoms with Gasteiger partial charge in [-0.3, -0.25) is 4.79 Å². The first-order chi connectivity index (χ1) is 19.3. The number of ether oxygens (including phenoxy) is 1. The number of amides is 1. The van der Waals surface area contributed by atoms with Gasteiger partial charge < -0.3 is 20.1 Å². The summed E-state index contributed by atoms with van der Waals surface area (Å²) in [5.41, 5.74) is 1.94. The molecule has 0 unspecified atom stereocenters. The van der Waals surface area contributed by atoms with Crippen LogP contribution in [0.4, 0.5) is 16.4 Å². The molecule has 1 aliphatic heterocycles. The quantitative estimate of drug-likeness (QED) is 0.349. The van der Waals surface area contributed by atoms with Gasteiger partial charge >= 0.3 is 6.09 Å². The largest absolute Gasteiger partial charge is 0.444 e. The van der Waals surface area contributed by atoms with Crippen LogP contribution in [0.2, 0.25) is 0 Å². The van der Waals surface area contributed by atoms with Crippen molar-refractivity contribution in [2.24, 2.45) is 0 Å². The van der Waals surface area contributed by atoms with E-state index in [9.17, 15) is 14.7 Å². The molecule has 1 aliphatic rings. The molecule has 5 rings (SSSR count). The zero-order valence-corrected chi connectivity index (χ0v) is 24.4. The summed E-state index contributed by atoms with van der Waals surface area (Å²) in [6.07, 6.45) is 2.67. The van der Waals surface area contributed by atoms with Crippen LogP contribution in [0.1, 0.15) is 64.8 Å². The summed E-state index contributed by atoms with van der Waals surface area (Å²) in [4.78, 5) is 41.5. The highest BCUT2D eigenvalue weighted by Crippen LogP contribution is 2.26. The highest BCUT2D eigenvalue weighted by Gasteiger charge is 2.26. The molecule has 0 aliphatic carbocycles. The summed E-state index contributed by atoms with van der Waals surface area (Å²) < 4.78 is 8.85. The Labute approximate surface area is 238 Å². The third kappa shape index (κ3) is 5.95. The maximum Gasteiger partial charge on any atom is 0.410 e. The summed E-state index contributed by atoms with van der Waals surface area (Å²) in [7, 11) is 0. The Hall–Kier alpha value is -4.25. The van der Waals surface area contributed by atoms with Crippen molar-refractivity contribution in [1.29, 1.82) is 0 Å². The van der Waals surface area contributed by atoms with E-state index < -0.39 is 11.2 Å². The molecule has 0 bridgehead atoms. The molecule has 2 N–H and O–H groups in total. The third-order valence-corrected chi connectivity index (χ3v) is 6.82. The molecule has 0 fully saturated rings. The second-order valence-electron chi connectivity index (χ2n) is 11.9. The van der Waals surface area contributed by atoms with Gasteiger partial charge in [0.15, 0.2) is 11.5 Å². The summed E-state index contributed by atoms with van der Waals surface area (Å²) in [6.45, 7) is 12.4. The molecular weight excluding hydrogens is 522 g/mol. The molecule has 11 heteroatoms. The van der Waals surface area contributed by atoms with Crippen LogP contribution < -0.4 is 10.9 Å². The Balaban J connectivity index is 1.49. The Morgan fingerprint density at radius 1 is 1.10 bits per heavy atom. The van der Waals surface area contributed by atoms with Gasteiger partial charge in [-0.1, -0.05) is 19.1 Å². The predicted molar refractivity (Wildman–Crippen MR) is 157 cm³/mol. The molecule has 0 radical (unpaired) electrons. The number of aliphatic hydroxyl groups is 1. The minimum absolute atomic E-state index is 0.208. The molecule has 3 aromatic heterocycles. The monoisotopic (exact) mass is 559 g/mol. The van der Waals surface area contributed by atoms with E-state index in [0.29, 0.717) is 48.1 Å². The number of benzene rings is 1.